The molecule has 0 spiro atoms. The van der Waals surface area contributed by atoms with Gasteiger partial charge in [-0.3, -0.25) is 20.5 Å². The van der Waals surface area contributed by atoms with Gasteiger partial charge in [-0.25, -0.2) is 12.4 Å². The fourth-order valence-corrected chi connectivity index (χ4v) is 6.83. The molecule has 0 radical (unpaired) electrons. The number of aromatic nitrogens is 1. The smallest absolute Gasteiger partial charge is 0.269 e. The van der Waals surface area contributed by atoms with Crippen LogP contribution in [-0.2, 0) is 10.0 Å². The van der Waals surface area contributed by atoms with E-state index < -0.39 is 16.3 Å². The van der Waals surface area contributed by atoms with Crippen LogP contribution >= 0.6 is 0 Å². The molecular formula is C25H28N6O3S. The topological polar surface area (TPSA) is 96.4 Å². The highest BCUT2D eigenvalue weighted by atomic mass is 32.2. The van der Waals surface area contributed by atoms with Crippen LogP contribution in [0.4, 0.5) is 17.2 Å². The minimum Gasteiger partial charge on any atom is -0.497 e. The predicted octanol–water partition coefficient (Wildman–Crippen LogP) is 2.44. The lowest BCUT2D eigenvalue weighted by Gasteiger charge is -2.35. The van der Waals surface area contributed by atoms with Gasteiger partial charge < -0.3 is 9.64 Å². The third-order valence-corrected chi connectivity index (χ3v) is 8.95. The van der Waals surface area contributed by atoms with Gasteiger partial charge in [-0.2, -0.15) is 0 Å². The minimum absolute atomic E-state index is 0.135. The Morgan fingerprint density at radius 3 is 2.49 bits per heavy atom. The summed E-state index contributed by atoms with van der Waals surface area (Å²) >= 11 is 0. The zero-order chi connectivity index (χ0) is 24.3. The highest BCUT2D eigenvalue weighted by Crippen LogP contribution is 2.38. The summed E-state index contributed by atoms with van der Waals surface area (Å²) in [5, 5.41) is 0. The van der Waals surface area contributed by atoms with E-state index in [0.717, 1.165) is 18.8 Å². The van der Waals surface area contributed by atoms with Gasteiger partial charge in [0.1, 0.15) is 11.6 Å². The summed E-state index contributed by atoms with van der Waals surface area (Å²) in [6.45, 7) is 2.11. The SMILES string of the molecule is COc1cccc(S(=O)(=O)n2ccc3c2N(c2ccc(N4C[C@@H]5C[C@H]4CN5C)cc2)C(N)N=C3)c1. The lowest BCUT2D eigenvalue weighted by molar-refractivity contribution is 0.292. The van der Waals surface area contributed by atoms with Crippen LogP contribution < -0.4 is 20.3 Å². The Morgan fingerprint density at radius 1 is 1.03 bits per heavy atom. The minimum atomic E-state index is -3.90. The molecule has 3 aliphatic heterocycles. The van der Waals surface area contributed by atoms with E-state index in [2.05, 4.69) is 34.0 Å². The average Bonchev–Trinajstić information content (AvgIpc) is 3.58. The van der Waals surface area contributed by atoms with Crippen LogP contribution in [0.5, 0.6) is 5.75 Å². The molecule has 3 aliphatic rings. The Labute approximate surface area is 205 Å². The van der Waals surface area contributed by atoms with Gasteiger partial charge in [0.2, 0.25) is 0 Å². The van der Waals surface area contributed by atoms with E-state index >= 15 is 0 Å². The zero-order valence-corrected chi connectivity index (χ0v) is 20.5. The van der Waals surface area contributed by atoms with Gasteiger partial charge in [0.25, 0.3) is 10.0 Å². The van der Waals surface area contributed by atoms with Crippen LogP contribution in [0.1, 0.15) is 12.0 Å². The predicted molar refractivity (Wildman–Crippen MR) is 136 cm³/mol. The van der Waals surface area contributed by atoms with Crippen molar-refractivity contribution < 1.29 is 13.2 Å². The Balaban J connectivity index is 1.37. The van der Waals surface area contributed by atoms with Gasteiger partial charge in [-0.1, -0.05) is 6.07 Å². The Kier molecular flexibility index (Phi) is 5.13. The largest absolute Gasteiger partial charge is 0.497 e. The van der Waals surface area contributed by atoms with Crippen molar-refractivity contribution in [2.75, 3.05) is 37.0 Å². The first-order valence-corrected chi connectivity index (χ1v) is 13.1. The molecule has 3 aromatic rings. The fraction of sp³-hybridized carbons (Fsp3) is 0.320. The van der Waals surface area contributed by atoms with Crippen molar-refractivity contribution in [3.63, 3.8) is 0 Å². The summed E-state index contributed by atoms with van der Waals surface area (Å²) in [6.07, 6.45) is 3.62. The normalized spacial score (nSPS) is 23.7. The maximum absolute atomic E-state index is 13.6. The maximum atomic E-state index is 13.6. The van der Waals surface area contributed by atoms with Crippen LogP contribution in [0.25, 0.3) is 0 Å². The summed E-state index contributed by atoms with van der Waals surface area (Å²) in [5.74, 6) is 0.935. The van der Waals surface area contributed by atoms with Crippen molar-refractivity contribution in [3.05, 3.63) is 66.4 Å². The molecule has 10 heteroatoms. The van der Waals surface area contributed by atoms with Gasteiger partial charge in [-0.05, 0) is 55.9 Å². The van der Waals surface area contributed by atoms with Crippen LogP contribution in [0, 0.1) is 0 Å². The van der Waals surface area contributed by atoms with Gasteiger partial charge in [0.05, 0.1) is 12.0 Å². The number of likely N-dealkylation sites (tertiary alicyclic amines) is 1. The van der Waals surface area contributed by atoms with Crippen LogP contribution in [0.15, 0.2) is 70.7 Å². The number of piperazine rings is 1. The summed E-state index contributed by atoms with van der Waals surface area (Å²) in [5.41, 5.74) is 9.02. The van der Waals surface area contributed by atoms with Crippen molar-refractivity contribution in [3.8, 4) is 5.75 Å². The third-order valence-electron chi connectivity index (χ3n) is 7.29. The summed E-state index contributed by atoms with van der Waals surface area (Å²) < 4.78 is 33.8. The molecule has 0 saturated carbocycles. The molecule has 2 N–H and O–H groups in total. The summed E-state index contributed by atoms with van der Waals surface area (Å²) in [4.78, 5) is 11.2. The molecule has 9 nitrogen and oxygen atoms in total. The number of nitrogens with zero attached hydrogens (tertiary/aromatic N) is 5. The molecule has 0 aliphatic carbocycles. The quantitative estimate of drug-likeness (QED) is 0.584. The third kappa shape index (κ3) is 3.51. The van der Waals surface area contributed by atoms with E-state index in [1.165, 1.54) is 29.3 Å². The van der Waals surface area contributed by atoms with Gasteiger partial charge in [0, 0.05) is 60.6 Å². The van der Waals surface area contributed by atoms with Crippen molar-refractivity contribution in [1.29, 1.82) is 0 Å². The van der Waals surface area contributed by atoms with Crippen LogP contribution in [0.3, 0.4) is 0 Å². The van der Waals surface area contributed by atoms with Gasteiger partial charge in [-0.15, -0.1) is 0 Å². The van der Waals surface area contributed by atoms with E-state index in [9.17, 15) is 8.42 Å². The molecule has 2 fully saturated rings. The second-order valence-electron chi connectivity index (χ2n) is 9.29. The molecule has 4 heterocycles. The number of nitrogens with two attached hydrogens (primary N) is 1. The first-order valence-electron chi connectivity index (χ1n) is 11.6. The first kappa shape index (κ1) is 22.1. The average molecular weight is 493 g/mol. The van der Waals surface area contributed by atoms with E-state index in [1.807, 2.05) is 12.1 Å². The number of hydrogen-bond donors (Lipinski definition) is 1. The van der Waals surface area contributed by atoms with E-state index in [1.54, 1.807) is 41.6 Å². The highest BCUT2D eigenvalue weighted by Gasteiger charge is 2.41. The molecule has 1 aromatic heterocycles. The standard InChI is InChI=1S/C25H28N6O3S/c1-28-15-21-12-20(28)16-29(21)18-6-8-19(9-7-18)31-24-17(14-27-25(31)26)10-11-30(24)35(32,33)23-5-3-4-22(13-23)34-2/h3-11,13-14,20-21,25H,12,15-16,26H2,1-2H3/t20-,21-,25?/m0/s1. The number of anilines is 3. The molecule has 2 bridgehead atoms. The second kappa shape index (κ2) is 8.11. The molecule has 0 amide bonds. The molecular weight excluding hydrogens is 464 g/mol. The molecule has 35 heavy (non-hydrogen) atoms. The molecule has 1 unspecified atom stereocenters. The lowest BCUT2D eigenvalue weighted by atomic mass is 10.2. The molecule has 6 rings (SSSR count). The fourth-order valence-electron chi connectivity index (χ4n) is 5.45. The Morgan fingerprint density at radius 2 is 1.80 bits per heavy atom. The molecule has 3 atom stereocenters. The van der Waals surface area contributed by atoms with Crippen molar-refractivity contribution >= 4 is 33.4 Å². The Bertz CT molecular complexity index is 1400. The second-order valence-corrected chi connectivity index (χ2v) is 11.1. The summed E-state index contributed by atoms with van der Waals surface area (Å²) in [6, 6.07) is 17.5. The number of hydrogen-bond acceptors (Lipinski definition) is 8. The molecule has 2 aromatic carbocycles. The first-order chi connectivity index (χ1) is 16.9. The molecule has 182 valence electrons. The summed E-state index contributed by atoms with van der Waals surface area (Å²) in [7, 11) is -0.202. The Hall–Kier alpha value is -3.34. The van der Waals surface area contributed by atoms with Crippen LogP contribution in [-0.4, -0.2) is 69.1 Å². The number of benzene rings is 2. The van der Waals surface area contributed by atoms with Crippen molar-refractivity contribution in [2.24, 2.45) is 10.7 Å². The molecule has 2 saturated heterocycles. The van der Waals surface area contributed by atoms with E-state index in [0.29, 0.717) is 29.2 Å². The maximum Gasteiger partial charge on any atom is 0.269 e. The number of aliphatic imine (C=N–C) groups is 1. The number of ether oxygens (including phenoxy) is 1. The lowest BCUT2D eigenvalue weighted by Crippen LogP contribution is -2.44. The van der Waals surface area contributed by atoms with Gasteiger partial charge in [0.15, 0.2) is 6.29 Å². The monoisotopic (exact) mass is 492 g/mol. The van der Waals surface area contributed by atoms with Crippen molar-refractivity contribution in [2.45, 2.75) is 29.7 Å². The van der Waals surface area contributed by atoms with E-state index in [4.69, 9.17) is 10.5 Å². The van der Waals surface area contributed by atoms with Gasteiger partial charge >= 0.3 is 0 Å². The highest BCUT2D eigenvalue weighted by molar-refractivity contribution is 7.90. The number of methoxy groups -OCH3 is 1. The zero-order valence-electron chi connectivity index (χ0n) is 19.7. The van der Waals surface area contributed by atoms with Crippen LogP contribution in [0.2, 0.25) is 0 Å². The van der Waals surface area contributed by atoms with E-state index in [-0.39, 0.29) is 4.90 Å². The van der Waals surface area contributed by atoms with Crippen molar-refractivity contribution in [1.82, 2.24) is 8.87 Å². The number of rotatable bonds is 5. The number of fused-ring (bicyclic) bond motifs is 3. The number of likely N-dealkylation sites (N-methyl/N-ethyl adjacent to an activating group) is 1.